The first-order valence-electron chi connectivity index (χ1n) is 14.8. The van der Waals surface area contributed by atoms with E-state index in [2.05, 4.69) is 37.5 Å². The van der Waals surface area contributed by atoms with Gasteiger partial charge in [-0.05, 0) is 61.6 Å². The fourth-order valence-electron chi connectivity index (χ4n) is 5.89. The Morgan fingerprint density at radius 1 is 1.20 bits per heavy atom. The second-order valence-corrected chi connectivity index (χ2v) is 13.3. The van der Waals surface area contributed by atoms with E-state index in [9.17, 15) is 18.0 Å². The number of amides is 1. The Kier molecular flexibility index (Phi) is 10.6. The Morgan fingerprint density at radius 3 is 2.52 bits per heavy atom. The zero-order chi connectivity index (χ0) is 33.6. The highest BCUT2D eigenvalue weighted by atomic mass is 32.2. The highest BCUT2D eigenvalue weighted by Crippen LogP contribution is 2.42. The molecule has 14 nitrogen and oxygen atoms in total. The van der Waals surface area contributed by atoms with Crippen molar-refractivity contribution in [2.24, 2.45) is 17.8 Å². The molecule has 1 amide bonds. The van der Waals surface area contributed by atoms with Crippen molar-refractivity contribution in [1.29, 1.82) is 5.26 Å². The van der Waals surface area contributed by atoms with E-state index in [0.29, 0.717) is 42.9 Å². The summed E-state index contributed by atoms with van der Waals surface area (Å²) in [5, 5.41) is 11.6. The molecule has 0 spiro atoms. The lowest BCUT2D eigenvalue weighted by atomic mass is 9.75. The van der Waals surface area contributed by atoms with Gasteiger partial charge < -0.3 is 14.2 Å². The number of nitrogens with zero attached hydrogens (tertiary/aromatic N) is 5. The van der Waals surface area contributed by atoms with Gasteiger partial charge in [-0.2, -0.15) is 10.1 Å². The molecule has 0 saturated heterocycles. The number of aromatic nitrogens is 3. The number of nitriles is 1. The van der Waals surface area contributed by atoms with E-state index in [0.717, 1.165) is 19.1 Å². The summed E-state index contributed by atoms with van der Waals surface area (Å²) in [7, 11) is -2.18. The fourth-order valence-corrected chi connectivity index (χ4v) is 6.45. The summed E-state index contributed by atoms with van der Waals surface area (Å²) in [6, 6.07) is 9.15. The summed E-state index contributed by atoms with van der Waals surface area (Å²) in [6.07, 6.45) is 3.19. The average molecular weight is 651 g/mol. The highest BCUT2D eigenvalue weighted by molar-refractivity contribution is 7.92. The van der Waals surface area contributed by atoms with Crippen molar-refractivity contribution in [3.05, 3.63) is 40.0 Å². The van der Waals surface area contributed by atoms with Crippen LogP contribution in [0.25, 0.3) is 26.7 Å². The molecule has 1 fully saturated rings. The minimum absolute atomic E-state index is 0.0497. The predicted molar refractivity (Wildman–Crippen MR) is 170 cm³/mol. The number of methoxy groups -OCH3 is 1. The topological polar surface area (TPSA) is 174 Å². The van der Waals surface area contributed by atoms with Crippen LogP contribution in [-0.2, 0) is 14.8 Å². The van der Waals surface area contributed by atoms with Crippen molar-refractivity contribution >= 4 is 39.1 Å². The molecule has 2 atom stereocenters. The van der Waals surface area contributed by atoms with Crippen LogP contribution in [-0.4, -0.2) is 54.5 Å². The summed E-state index contributed by atoms with van der Waals surface area (Å²) < 4.78 is 44.3. The maximum Gasteiger partial charge on any atom is 0.733 e. The van der Waals surface area contributed by atoms with Crippen LogP contribution in [0.5, 0.6) is 11.6 Å². The Labute approximate surface area is 267 Å². The van der Waals surface area contributed by atoms with Gasteiger partial charge in [0.25, 0.3) is 11.8 Å². The number of rotatable bonds is 10. The van der Waals surface area contributed by atoms with Crippen molar-refractivity contribution in [2.75, 3.05) is 18.1 Å². The van der Waals surface area contributed by atoms with E-state index in [1.54, 1.807) is 0 Å². The van der Waals surface area contributed by atoms with Gasteiger partial charge >= 0.3 is 12.1 Å². The minimum atomic E-state index is -3.61. The lowest BCUT2D eigenvalue weighted by Crippen LogP contribution is -2.37. The van der Waals surface area contributed by atoms with E-state index < -0.39 is 28.2 Å². The van der Waals surface area contributed by atoms with Gasteiger partial charge in [0.05, 0.1) is 42.8 Å². The second kappa shape index (κ2) is 14.4. The van der Waals surface area contributed by atoms with Gasteiger partial charge in [0, 0.05) is 12.1 Å². The van der Waals surface area contributed by atoms with Crippen molar-refractivity contribution < 1.29 is 32.2 Å². The normalized spacial score (nSPS) is 19.3. The maximum atomic E-state index is 13.8. The smallest absolute Gasteiger partial charge is 0.496 e. The number of hydrogen-bond donors (Lipinski definition) is 2. The van der Waals surface area contributed by atoms with Crippen molar-refractivity contribution in [1.82, 2.24) is 14.6 Å². The molecule has 15 heteroatoms. The standard InChI is InChI=1S/C31H35N7O7S/c1-18-15-19(2)26(20(3)16-18)44-30(39)24-25(33-4)29(45-31(40)34-14-10-8-7-9-13-32)38-28(24)35-27(36-38)22-17-21(37-46(6,41)42)11-12-23(22)43-5/h11-12,17-20,26,37H,7-10,15-16H2,1-3,5-6H3/p+1. The van der Waals surface area contributed by atoms with Gasteiger partial charge in [-0.3, -0.25) is 9.82 Å². The molecule has 1 saturated carbocycles. The molecule has 1 aromatic carbocycles. The number of hydrogen-bond acceptors (Lipinski definition) is 9. The highest BCUT2D eigenvalue weighted by Gasteiger charge is 2.38. The number of carbonyl (C=O) groups excluding carboxylic acids is 2. The van der Waals surface area contributed by atoms with E-state index in [-0.39, 0.29) is 46.1 Å². The monoisotopic (exact) mass is 650 g/mol. The lowest BCUT2D eigenvalue weighted by molar-refractivity contribution is -0.0249. The number of anilines is 1. The molecule has 46 heavy (non-hydrogen) atoms. The van der Waals surface area contributed by atoms with E-state index in [4.69, 9.17) is 26.0 Å². The molecule has 2 N–H and O–H groups in total. The molecule has 4 rings (SSSR count). The number of nitrogens with one attached hydrogen (secondary N) is 2. The zero-order valence-corrected chi connectivity index (χ0v) is 27.1. The number of esters is 1. The number of carbonyl (C=O) groups is 2. The van der Waals surface area contributed by atoms with Crippen LogP contribution in [0.2, 0.25) is 0 Å². The first-order chi connectivity index (χ1) is 21.9. The predicted octanol–water partition coefficient (Wildman–Crippen LogP) is 6.40. The molecule has 2 heterocycles. The molecule has 2 unspecified atom stereocenters. The lowest BCUT2D eigenvalue weighted by Gasteiger charge is -2.37. The molecule has 1 aliphatic rings. The fraction of sp³-hybridized carbons (Fsp3) is 0.484. The third kappa shape index (κ3) is 7.76. The Balaban J connectivity index is 1.80. The number of sulfonamides is 1. The Hall–Kier alpha value is -5.07. The zero-order valence-electron chi connectivity index (χ0n) is 26.3. The van der Waals surface area contributed by atoms with Gasteiger partial charge in [-0.25, -0.2) is 27.6 Å². The largest absolute Gasteiger partial charge is 0.733 e. The molecule has 2 aromatic heterocycles. The van der Waals surface area contributed by atoms with E-state index >= 15 is 0 Å². The van der Waals surface area contributed by atoms with Crippen LogP contribution >= 0.6 is 0 Å². The van der Waals surface area contributed by atoms with Crippen LogP contribution in [0.4, 0.5) is 16.2 Å². The number of fused-ring (bicyclic) bond motifs is 1. The molecule has 242 valence electrons. The van der Waals surface area contributed by atoms with Gasteiger partial charge in [-0.1, -0.05) is 20.8 Å². The number of unbranched alkanes of at least 4 members (excludes halogenated alkanes) is 3. The van der Waals surface area contributed by atoms with E-state index in [1.807, 2.05) is 19.9 Å². The molecular formula is C31H36N7O7S+. The summed E-state index contributed by atoms with van der Waals surface area (Å²) in [5.41, 5.74) is -0.00930. The first kappa shape index (κ1) is 33.8. The Bertz CT molecular complexity index is 1880. The third-order valence-corrected chi connectivity index (χ3v) is 8.29. The number of H-pyrrole nitrogens is 1. The number of ether oxygens (including phenoxy) is 3. The Morgan fingerprint density at radius 2 is 1.89 bits per heavy atom. The van der Waals surface area contributed by atoms with Crippen molar-refractivity contribution in [2.45, 2.75) is 65.4 Å². The van der Waals surface area contributed by atoms with Crippen LogP contribution in [0, 0.1) is 41.7 Å². The summed E-state index contributed by atoms with van der Waals surface area (Å²) in [5.74, 6) is -0.0568. The van der Waals surface area contributed by atoms with Crippen LogP contribution < -0.4 is 14.2 Å². The molecule has 3 aromatic rings. The van der Waals surface area contributed by atoms with Gasteiger partial charge in [0.2, 0.25) is 15.9 Å². The third-order valence-electron chi connectivity index (χ3n) is 7.68. The maximum absolute atomic E-state index is 13.8. The van der Waals surface area contributed by atoms with Gasteiger partial charge in [0.15, 0.2) is 11.5 Å². The molecular weight excluding hydrogens is 614 g/mol. The number of aromatic amines is 1. The first-order valence-corrected chi connectivity index (χ1v) is 16.7. The SMILES string of the molecule is [C-]#[N+]c1c(C(=O)OC2C(C)CC(C)CC2C)c2nc(-c3cc(NS(C)(=O)=O)ccc3OC)[nH]n2c1OC(=O)[N+]#CCCCCC#N. The van der Waals surface area contributed by atoms with Crippen molar-refractivity contribution in [3.63, 3.8) is 0 Å². The summed E-state index contributed by atoms with van der Waals surface area (Å²) >= 11 is 0. The summed E-state index contributed by atoms with van der Waals surface area (Å²) in [4.78, 5) is 38.3. The van der Waals surface area contributed by atoms with Gasteiger partial charge in [-0.15, -0.1) is 0 Å². The minimum Gasteiger partial charge on any atom is -0.496 e. The van der Waals surface area contributed by atoms with Crippen LogP contribution in [0.1, 0.15) is 69.7 Å². The molecule has 0 radical (unpaired) electrons. The van der Waals surface area contributed by atoms with Crippen LogP contribution in [0.3, 0.4) is 0 Å². The van der Waals surface area contributed by atoms with Gasteiger partial charge in [0.1, 0.15) is 17.4 Å². The van der Waals surface area contributed by atoms with Crippen molar-refractivity contribution in [3.8, 4) is 35.2 Å². The van der Waals surface area contributed by atoms with E-state index in [1.165, 1.54) is 29.8 Å². The molecule has 0 aliphatic heterocycles. The molecule has 0 bridgehead atoms. The quantitative estimate of drug-likeness (QED) is 0.143. The van der Waals surface area contributed by atoms with Crippen LogP contribution in [0.15, 0.2) is 18.2 Å². The summed E-state index contributed by atoms with van der Waals surface area (Å²) in [6.45, 7) is 14.1. The molecule has 1 aliphatic carbocycles. The second-order valence-electron chi connectivity index (χ2n) is 11.6. The number of benzene rings is 1. The average Bonchev–Trinajstić information content (AvgIpc) is 3.53.